The maximum absolute atomic E-state index is 13.1. The van der Waals surface area contributed by atoms with Gasteiger partial charge in [-0.15, -0.1) is 10.2 Å². The van der Waals surface area contributed by atoms with Gasteiger partial charge >= 0.3 is 0 Å². The van der Waals surface area contributed by atoms with E-state index in [2.05, 4.69) is 10.2 Å². The molecule has 1 fully saturated rings. The Morgan fingerprint density at radius 3 is 2.63 bits per heavy atom. The van der Waals surface area contributed by atoms with Crippen LogP contribution >= 0.6 is 11.3 Å². The quantitative estimate of drug-likeness (QED) is 0.658. The molecule has 0 radical (unpaired) electrons. The monoisotopic (exact) mass is 403 g/mol. The van der Waals surface area contributed by atoms with Crippen molar-refractivity contribution in [1.29, 1.82) is 0 Å². The van der Waals surface area contributed by atoms with Crippen molar-refractivity contribution in [3.63, 3.8) is 0 Å². The van der Waals surface area contributed by atoms with Gasteiger partial charge in [0.2, 0.25) is 10.0 Å². The number of rotatable bonds is 4. The van der Waals surface area contributed by atoms with Crippen LogP contribution in [0.3, 0.4) is 0 Å². The van der Waals surface area contributed by atoms with Gasteiger partial charge in [-0.1, -0.05) is 23.5 Å². The standard InChI is InChI=1S/C19H21N3O3S2/c1-13-5-6-14(2)17(12-13)27(23,24)22-9-7-15(8-10-22)18-20-21-19(26-18)16-4-3-11-25-16/h3-6,11-12,15H,7-10H2,1-2H3. The van der Waals surface area contributed by atoms with Crippen LogP contribution in [0.2, 0.25) is 0 Å². The second-order valence-corrected chi connectivity index (χ2v) is 9.79. The molecule has 0 aliphatic carbocycles. The summed E-state index contributed by atoms with van der Waals surface area (Å²) < 4.78 is 33.1. The first kappa shape index (κ1) is 18.3. The second kappa shape index (κ2) is 7.18. The zero-order valence-corrected chi connectivity index (χ0v) is 16.9. The first-order valence-corrected chi connectivity index (χ1v) is 11.2. The average molecular weight is 404 g/mol. The minimum absolute atomic E-state index is 0.233. The number of piperidine rings is 1. The van der Waals surface area contributed by atoms with E-state index in [4.69, 9.17) is 4.42 Å². The van der Waals surface area contributed by atoms with Crippen LogP contribution in [0.4, 0.5) is 0 Å². The van der Waals surface area contributed by atoms with E-state index in [1.54, 1.807) is 16.6 Å². The highest BCUT2D eigenvalue weighted by atomic mass is 32.2. The molecule has 0 spiro atoms. The van der Waals surface area contributed by atoms with Crippen LogP contribution in [0.1, 0.15) is 34.9 Å². The summed E-state index contributed by atoms with van der Waals surface area (Å²) in [5.74, 6) is 0.949. The predicted octanol–water partition coefficient (Wildman–Crippen LogP) is 3.98. The van der Waals surface area contributed by atoms with Gasteiger partial charge in [0.25, 0.3) is 0 Å². The minimum atomic E-state index is -3.47. The van der Waals surface area contributed by atoms with Crippen LogP contribution in [0.25, 0.3) is 10.8 Å². The van der Waals surface area contributed by atoms with Crippen molar-refractivity contribution in [2.75, 3.05) is 13.1 Å². The Labute approximate surface area is 162 Å². The first-order valence-electron chi connectivity index (χ1n) is 8.90. The summed E-state index contributed by atoms with van der Waals surface area (Å²) in [6.07, 6.45) is 3.11. The van der Waals surface area contributed by atoms with Crippen molar-refractivity contribution in [3.8, 4) is 10.8 Å². The summed E-state index contributed by atoms with van der Waals surface area (Å²) >= 11 is 1.52. The summed E-state index contributed by atoms with van der Waals surface area (Å²) in [6.45, 7) is 4.75. The molecule has 142 valence electrons. The molecule has 4 rings (SSSR count). The zero-order chi connectivity index (χ0) is 19.0. The number of aromatic nitrogens is 2. The summed E-state index contributed by atoms with van der Waals surface area (Å²) in [5.41, 5.74) is 1.74. The lowest BCUT2D eigenvalue weighted by molar-refractivity contribution is 0.318. The fourth-order valence-electron chi connectivity index (χ4n) is 3.37. The molecule has 3 heterocycles. The van der Waals surface area contributed by atoms with Crippen molar-refractivity contribution in [1.82, 2.24) is 14.5 Å². The van der Waals surface area contributed by atoms with Gasteiger partial charge in [0, 0.05) is 19.0 Å². The molecule has 8 heteroatoms. The highest BCUT2D eigenvalue weighted by Gasteiger charge is 2.32. The molecule has 3 aromatic rings. The summed E-state index contributed by atoms with van der Waals surface area (Å²) in [4.78, 5) is 0.414. The highest BCUT2D eigenvalue weighted by Crippen LogP contribution is 2.35. The topological polar surface area (TPSA) is 76.3 Å². The van der Waals surface area contributed by atoms with E-state index in [1.807, 2.05) is 38.1 Å². The van der Waals surface area contributed by atoms with Crippen molar-refractivity contribution in [2.24, 2.45) is 0 Å². The van der Waals surface area contributed by atoms with Crippen LogP contribution in [-0.2, 0) is 10.0 Å². The second-order valence-electron chi connectivity index (χ2n) is 6.87. The number of hydrogen-bond acceptors (Lipinski definition) is 6. The molecule has 0 bridgehead atoms. The van der Waals surface area contributed by atoms with Crippen LogP contribution in [0.15, 0.2) is 45.9 Å². The van der Waals surface area contributed by atoms with E-state index in [9.17, 15) is 8.42 Å². The van der Waals surface area contributed by atoms with Crippen molar-refractivity contribution < 1.29 is 12.8 Å². The molecule has 0 N–H and O–H groups in total. The lowest BCUT2D eigenvalue weighted by atomic mass is 9.99. The molecular weight excluding hydrogens is 382 g/mol. The summed E-state index contributed by atoms with van der Waals surface area (Å²) in [7, 11) is -3.47. The number of aryl methyl sites for hydroxylation is 2. The van der Waals surface area contributed by atoms with Gasteiger partial charge in [-0.3, -0.25) is 0 Å². The Morgan fingerprint density at radius 2 is 1.93 bits per heavy atom. The molecule has 27 heavy (non-hydrogen) atoms. The summed E-state index contributed by atoms with van der Waals surface area (Å²) in [5, 5.41) is 10.2. The molecule has 0 unspecified atom stereocenters. The van der Waals surface area contributed by atoms with Crippen molar-refractivity contribution in [2.45, 2.75) is 37.5 Å². The van der Waals surface area contributed by atoms with E-state index in [1.165, 1.54) is 11.3 Å². The fourth-order valence-corrected chi connectivity index (χ4v) is 6.13. The van der Waals surface area contributed by atoms with E-state index >= 15 is 0 Å². The smallest absolute Gasteiger partial charge is 0.243 e. The minimum Gasteiger partial charge on any atom is -0.462 e. The SMILES string of the molecule is Cc1ccc(C)c(S(=O)(=O)N2CCC(c3nnc(-c4ccco4)s3)CC2)c1. The molecule has 0 saturated carbocycles. The number of sulfonamides is 1. The lowest BCUT2D eigenvalue weighted by Gasteiger charge is -2.30. The molecule has 6 nitrogen and oxygen atoms in total. The third kappa shape index (κ3) is 3.56. The Bertz CT molecular complexity index is 1030. The van der Waals surface area contributed by atoms with E-state index in [0.29, 0.717) is 23.7 Å². The molecular formula is C19H21N3O3S2. The summed E-state index contributed by atoms with van der Waals surface area (Å²) in [6, 6.07) is 9.26. The van der Waals surface area contributed by atoms with E-state index in [-0.39, 0.29) is 5.92 Å². The maximum atomic E-state index is 13.1. The molecule has 0 atom stereocenters. The Balaban J connectivity index is 1.48. The molecule has 0 amide bonds. The van der Waals surface area contributed by atoms with Gasteiger partial charge in [0.15, 0.2) is 10.8 Å². The number of furan rings is 1. The van der Waals surface area contributed by atoms with Gasteiger partial charge in [-0.05, 0) is 56.0 Å². The van der Waals surface area contributed by atoms with Crippen LogP contribution < -0.4 is 0 Å². The number of nitrogens with zero attached hydrogens (tertiary/aromatic N) is 3. The zero-order valence-electron chi connectivity index (χ0n) is 15.3. The third-order valence-electron chi connectivity index (χ3n) is 4.94. The predicted molar refractivity (Wildman–Crippen MR) is 104 cm³/mol. The van der Waals surface area contributed by atoms with Crippen molar-refractivity contribution in [3.05, 3.63) is 52.7 Å². The van der Waals surface area contributed by atoms with Gasteiger partial charge in [-0.2, -0.15) is 4.31 Å². The van der Waals surface area contributed by atoms with Crippen LogP contribution in [-0.4, -0.2) is 36.0 Å². The van der Waals surface area contributed by atoms with E-state index in [0.717, 1.165) is 34.0 Å². The maximum Gasteiger partial charge on any atom is 0.243 e. The molecule has 1 aromatic carbocycles. The van der Waals surface area contributed by atoms with Gasteiger partial charge in [0.1, 0.15) is 5.01 Å². The third-order valence-corrected chi connectivity index (χ3v) is 8.08. The van der Waals surface area contributed by atoms with Gasteiger partial charge in [-0.25, -0.2) is 8.42 Å². The Hall–Kier alpha value is -2.03. The van der Waals surface area contributed by atoms with Crippen molar-refractivity contribution >= 4 is 21.4 Å². The molecule has 2 aromatic heterocycles. The molecule has 1 saturated heterocycles. The largest absolute Gasteiger partial charge is 0.462 e. The number of benzene rings is 1. The van der Waals surface area contributed by atoms with Crippen LogP contribution in [0, 0.1) is 13.8 Å². The van der Waals surface area contributed by atoms with Crippen LogP contribution in [0.5, 0.6) is 0 Å². The average Bonchev–Trinajstić information content (AvgIpc) is 3.35. The Morgan fingerprint density at radius 1 is 1.15 bits per heavy atom. The molecule has 1 aliphatic heterocycles. The normalized spacial score (nSPS) is 16.7. The van der Waals surface area contributed by atoms with Gasteiger partial charge < -0.3 is 4.42 Å². The lowest BCUT2D eigenvalue weighted by Crippen LogP contribution is -2.38. The number of hydrogen-bond donors (Lipinski definition) is 0. The Kier molecular flexibility index (Phi) is 4.88. The first-order chi connectivity index (χ1) is 12.9. The van der Waals surface area contributed by atoms with E-state index < -0.39 is 10.0 Å². The van der Waals surface area contributed by atoms with Gasteiger partial charge in [0.05, 0.1) is 11.2 Å². The molecule has 1 aliphatic rings. The fraction of sp³-hybridized carbons (Fsp3) is 0.368. The highest BCUT2D eigenvalue weighted by molar-refractivity contribution is 7.89.